The molecule has 0 aromatic heterocycles. The average molecular weight is 474 g/mol. The molecule has 5 nitrogen and oxygen atoms in total. The van der Waals surface area contributed by atoms with E-state index < -0.39 is 11.9 Å². The van der Waals surface area contributed by atoms with E-state index in [0.29, 0.717) is 32.1 Å². The maximum Gasteiger partial charge on any atom is 0.333 e. The fourth-order valence-corrected chi connectivity index (χ4v) is 3.71. The van der Waals surface area contributed by atoms with Crippen LogP contribution in [0.15, 0.2) is 72.4 Å². The second-order valence-electron chi connectivity index (χ2n) is 6.67. The van der Waals surface area contributed by atoms with Crippen molar-refractivity contribution in [1.29, 1.82) is 0 Å². The van der Waals surface area contributed by atoms with Crippen molar-refractivity contribution < 1.29 is 14.3 Å². The number of hydrogen-bond donors (Lipinski definition) is 1. The van der Waals surface area contributed by atoms with Gasteiger partial charge in [0, 0.05) is 26.2 Å². The summed E-state index contributed by atoms with van der Waals surface area (Å²) in [6.45, 7) is 0.213. The molecule has 0 aliphatic carbocycles. The molecule has 3 amide bonds. The van der Waals surface area contributed by atoms with E-state index in [0.717, 1.165) is 10.5 Å². The van der Waals surface area contributed by atoms with Crippen molar-refractivity contribution in [3.05, 3.63) is 98.6 Å². The van der Waals surface area contributed by atoms with E-state index in [-0.39, 0.29) is 12.3 Å². The van der Waals surface area contributed by atoms with E-state index in [9.17, 15) is 9.59 Å². The van der Waals surface area contributed by atoms with Gasteiger partial charge in [-0.3, -0.25) is 4.79 Å². The van der Waals surface area contributed by atoms with E-state index in [1.165, 1.54) is 0 Å². The minimum Gasteiger partial charge on any atom is -0.488 e. The zero-order valence-electron chi connectivity index (χ0n) is 15.9. The van der Waals surface area contributed by atoms with Crippen LogP contribution >= 0.6 is 34.8 Å². The van der Waals surface area contributed by atoms with Gasteiger partial charge in [0.1, 0.15) is 18.1 Å². The van der Waals surface area contributed by atoms with Gasteiger partial charge < -0.3 is 10.1 Å². The molecule has 156 valence electrons. The Morgan fingerprint density at radius 2 is 1.68 bits per heavy atom. The van der Waals surface area contributed by atoms with Gasteiger partial charge in [0.15, 0.2) is 0 Å². The largest absolute Gasteiger partial charge is 0.488 e. The summed E-state index contributed by atoms with van der Waals surface area (Å²) in [6.07, 6.45) is 1.57. The van der Waals surface area contributed by atoms with Crippen LogP contribution in [0.25, 0.3) is 6.08 Å². The number of carbonyl (C=O) groups is 2. The van der Waals surface area contributed by atoms with Crippen molar-refractivity contribution in [2.24, 2.45) is 0 Å². The Balaban J connectivity index is 1.58. The van der Waals surface area contributed by atoms with Crippen molar-refractivity contribution in [1.82, 2.24) is 5.32 Å². The third-order valence-electron chi connectivity index (χ3n) is 4.56. The monoisotopic (exact) mass is 472 g/mol. The van der Waals surface area contributed by atoms with Crippen LogP contribution in [0.3, 0.4) is 0 Å². The highest BCUT2D eigenvalue weighted by Crippen LogP contribution is 2.28. The highest BCUT2D eigenvalue weighted by atomic mass is 35.5. The van der Waals surface area contributed by atoms with E-state index in [1.807, 2.05) is 12.1 Å². The maximum atomic E-state index is 12.9. The zero-order chi connectivity index (χ0) is 22.0. The first-order valence-electron chi connectivity index (χ1n) is 9.21. The lowest BCUT2D eigenvalue weighted by Gasteiger charge is -2.12. The summed E-state index contributed by atoms with van der Waals surface area (Å²) < 4.78 is 5.92. The number of benzene rings is 3. The van der Waals surface area contributed by atoms with Crippen LogP contribution in [0, 0.1) is 0 Å². The first-order chi connectivity index (χ1) is 14.9. The minimum atomic E-state index is -0.551. The van der Waals surface area contributed by atoms with Gasteiger partial charge >= 0.3 is 6.03 Å². The van der Waals surface area contributed by atoms with Gasteiger partial charge in [-0.25, -0.2) is 9.69 Å². The van der Waals surface area contributed by atoms with Crippen molar-refractivity contribution in [2.75, 3.05) is 4.90 Å². The van der Waals surface area contributed by atoms with E-state index in [4.69, 9.17) is 39.5 Å². The fourth-order valence-electron chi connectivity index (χ4n) is 3.07. The molecule has 1 heterocycles. The molecule has 1 N–H and O–H groups in total. The second-order valence-corrected chi connectivity index (χ2v) is 7.95. The predicted octanol–water partition coefficient (Wildman–Crippen LogP) is 6.32. The average Bonchev–Trinajstić information content (AvgIpc) is 3.01. The minimum absolute atomic E-state index is 0.130. The Kier molecular flexibility index (Phi) is 6.18. The summed E-state index contributed by atoms with van der Waals surface area (Å²) >= 11 is 18.1. The highest BCUT2D eigenvalue weighted by Gasteiger charge is 2.35. The summed E-state index contributed by atoms with van der Waals surface area (Å²) in [5, 5.41) is 4.07. The number of para-hydroxylation sites is 1. The molecule has 0 atom stereocenters. The van der Waals surface area contributed by atoms with Crippen LogP contribution in [0.2, 0.25) is 15.1 Å². The zero-order valence-corrected chi connectivity index (χ0v) is 18.2. The Labute approximate surface area is 193 Å². The lowest BCUT2D eigenvalue weighted by Crippen LogP contribution is -2.30. The molecule has 3 aromatic rings. The quantitative estimate of drug-likeness (QED) is 0.348. The number of halogens is 3. The molecule has 0 unspecified atom stereocenters. The molecule has 0 spiro atoms. The molecule has 4 rings (SSSR count). The van der Waals surface area contributed by atoms with Crippen molar-refractivity contribution in [2.45, 2.75) is 6.61 Å². The number of hydrogen-bond acceptors (Lipinski definition) is 3. The molecule has 8 heteroatoms. The van der Waals surface area contributed by atoms with Crippen LogP contribution in [-0.4, -0.2) is 11.9 Å². The van der Waals surface area contributed by atoms with Crippen molar-refractivity contribution in [3.63, 3.8) is 0 Å². The van der Waals surface area contributed by atoms with Gasteiger partial charge in [-0.2, -0.15) is 0 Å². The Morgan fingerprint density at radius 3 is 2.45 bits per heavy atom. The lowest BCUT2D eigenvalue weighted by molar-refractivity contribution is -0.113. The first-order valence-corrected chi connectivity index (χ1v) is 10.3. The molecular weight excluding hydrogens is 459 g/mol. The molecule has 0 saturated carbocycles. The summed E-state index contributed by atoms with van der Waals surface area (Å²) in [5.41, 5.74) is 1.92. The molecule has 1 aliphatic heterocycles. The molecule has 0 radical (unpaired) electrons. The van der Waals surface area contributed by atoms with Crippen LogP contribution in [0.1, 0.15) is 11.1 Å². The van der Waals surface area contributed by atoms with E-state index >= 15 is 0 Å². The van der Waals surface area contributed by atoms with Crippen molar-refractivity contribution >= 4 is 58.5 Å². The van der Waals surface area contributed by atoms with Gasteiger partial charge in [0.2, 0.25) is 0 Å². The molecule has 3 aromatic carbocycles. The van der Waals surface area contributed by atoms with Gasteiger partial charge in [-0.05, 0) is 42.5 Å². The smallest absolute Gasteiger partial charge is 0.333 e. The predicted molar refractivity (Wildman–Crippen MR) is 123 cm³/mol. The summed E-state index contributed by atoms with van der Waals surface area (Å²) in [5.74, 6) is 0.0482. The van der Waals surface area contributed by atoms with Crippen molar-refractivity contribution in [3.8, 4) is 5.75 Å². The highest BCUT2D eigenvalue weighted by molar-refractivity contribution is 6.35. The topological polar surface area (TPSA) is 58.6 Å². The number of nitrogens with one attached hydrogen (secondary N) is 1. The normalized spacial score (nSPS) is 14.8. The molecule has 1 aliphatic rings. The van der Waals surface area contributed by atoms with Crippen LogP contribution in [-0.2, 0) is 11.4 Å². The van der Waals surface area contributed by atoms with Gasteiger partial charge in [-0.1, -0.05) is 65.1 Å². The van der Waals surface area contributed by atoms with E-state index in [1.54, 1.807) is 60.7 Å². The fraction of sp³-hybridized carbons (Fsp3) is 0.0435. The Bertz CT molecular complexity index is 1210. The van der Waals surface area contributed by atoms with Gasteiger partial charge in [0.25, 0.3) is 5.91 Å². The van der Waals surface area contributed by atoms with Gasteiger partial charge in [-0.15, -0.1) is 0 Å². The van der Waals surface area contributed by atoms with Gasteiger partial charge in [0.05, 0.1) is 5.69 Å². The number of nitrogens with zero attached hydrogens (tertiary/aromatic N) is 1. The lowest BCUT2D eigenvalue weighted by atomic mass is 10.1. The molecule has 31 heavy (non-hydrogen) atoms. The number of carbonyl (C=O) groups excluding carboxylic acids is 2. The van der Waals surface area contributed by atoms with Crippen LogP contribution in [0.4, 0.5) is 10.5 Å². The molecule has 1 fully saturated rings. The first kappa shape index (κ1) is 21.2. The molecular formula is C23H15Cl3N2O3. The molecule has 0 bridgehead atoms. The SMILES string of the molecule is O=C1N/C(=C/c2ccccc2OCc2ccc(Cl)cc2Cl)C(=O)N1c1cccc(Cl)c1. The number of rotatable bonds is 5. The number of amides is 3. The summed E-state index contributed by atoms with van der Waals surface area (Å²) in [6, 6.07) is 18.3. The summed E-state index contributed by atoms with van der Waals surface area (Å²) in [4.78, 5) is 26.3. The maximum absolute atomic E-state index is 12.9. The van der Waals surface area contributed by atoms with E-state index in [2.05, 4.69) is 5.32 Å². The van der Waals surface area contributed by atoms with Crippen LogP contribution in [0.5, 0.6) is 5.75 Å². The summed E-state index contributed by atoms with van der Waals surface area (Å²) in [7, 11) is 0. The number of urea groups is 1. The Hall–Kier alpha value is -2.99. The third kappa shape index (κ3) is 4.69. The Morgan fingerprint density at radius 1 is 0.903 bits per heavy atom. The number of anilines is 1. The number of imide groups is 1. The van der Waals surface area contributed by atoms with Crippen LogP contribution < -0.4 is 15.0 Å². The number of ether oxygens (including phenoxy) is 1. The molecule has 1 saturated heterocycles. The third-order valence-corrected chi connectivity index (χ3v) is 5.38. The standard InChI is InChI=1S/C23H15Cl3N2O3/c24-16-5-3-6-18(11-16)28-22(29)20(27-23(28)30)10-14-4-1-2-7-21(14)31-13-15-8-9-17(25)12-19(15)26/h1-12H,13H2,(H,27,30)/b20-10+. The second kappa shape index (κ2) is 9.02.